The summed E-state index contributed by atoms with van der Waals surface area (Å²) in [5, 5.41) is 2.98. The fraction of sp³-hybridized carbons (Fsp3) is 0.440. The maximum absolute atomic E-state index is 13.2. The zero-order valence-electron chi connectivity index (χ0n) is 18.9. The predicted octanol–water partition coefficient (Wildman–Crippen LogP) is 5.17. The van der Waals surface area contributed by atoms with Crippen molar-refractivity contribution >= 4 is 27.7 Å². The lowest BCUT2D eigenvalue weighted by atomic mass is 10.1. The van der Waals surface area contributed by atoms with Crippen molar-refractivity contribution in [1.29, 1.82) is 0 Å². The van der Waals surface area contributed by atoms with Gasteiger partial charge in [0.15, 0.2) is 6.61 Å². The number of nitrogens with zero attached hydrogens (tertiary/aromatic N) is 1. The first kappa shape index (κ1) is 24.9. The molecule has 31 heavy (non-hydrogen) atoms. The molecule has 0 bridgehead atoms. The van der Waals surface area contributed by atoms with E-state index in [9.17, 15) is 9.59 Å². The number of carbonyl (C=O) groups is 2. The molecule has 0 fully saturated rings. The van der Waals surface area contributed by atoms with Crippen molar-refractivity contribution in [1.82, 2.24) is 10.2 Å². The summed E-state index contributed by atoms with van der Waals surface area (Å²) in [5.74, 6) is 0.309. The average Bonchev–Trinajstić information content (AvgIpc) is 2.75. The molecule has 2 aromatic carbocycles. The van der Waals surface area contributed by atoms with Gasteiger partial charge in [-0.15, -0.1) is 0 Å². The Balaban J connectivity index is 2.20. The molecule has 2 aromatic rings. The summed E-state index contributed by atoms with van der Waals surface area (Å²) in [7, 11) is 0. The first-order chi connectivity index (χ1) is 14.9. The highest BCUT2D eigenvalue weighted by atomic mass is 79.9. The predicted molar refractivity (Wildman–Crippen MR) is 128 cm³/mol. The summed E-state index contributed by atoms with van der Waals surface area (Å²) in [6.07, 6.45) is 2.45. The van der Waals surface area contributed by atoms with Crippen molar-refractivity contribution < 1.29 is 14.3 Å². The van der Waals surface area contributed by atoms with Crippen LogP contribution in [0, 0.1) is 13.8 Å². The topological polar surface area (TPSA) is 58.6 Å². The number of ether oxygens (including phenoxy) is 1. The van der Waals surface area contributed by atoms with Crippen LogP contribution in [-0.2, 0) is 16.1 Å². The minimum Gasteiger partial charge on any atom is -0.484 e. The normalized spacial score (nSPS) is 11.6. The SMILES string of the molecule is CCCCNC(=O)C(CC)N(Cc1ccccc1C)C(=O)COc1ccc(Br)c(C)c1. The van der Waals surface area contributed by atoms with Crippen LogP contribution >= 0.6 is 15.9 Å². The van der Waals surface area contributed by atoms with Gasteiger partial charge in [-0.05, 0) is 61.6 Å². The quantitative estimate of drug-likeness (QED) is 0.443. The molecule has 0 saturated carbocycles. The van der Waals surface area contributed by atoms with Crippen LogP contribution in [0.1, 0.15) is 49.8 Å². The van der Waals surface area contributed by atoms with Crippen molar-refractivity contribution in [2.45, 2.75) is 59.5 Å². The van der Waals surface area contributed by atoms with Crippen LogP contribution in [0.5, 0.6) is 5.75 Å². The molecule has 5 nitrogen and oxygen atoms in total. The number of benzene rings is 2. The van der Waals surface area contributed by atoms with Gasteiger partial charge >= 0.3 is 0 Å². The first-order valence-corrected chi connectivity index (χ1v) is 11.7. The highest BCUT2D eigenvalue weighted by Crippen LogP contribution is 2.22. The molecule has 0 aliphatic rings. The molecule has 0 spiro atoms. The molecule has 0 heterocycles. The fourth-order valence-corrected chi connectivity index (χ4v) is 3.58. The number of amides is 2. The minimum atomic E-state index is -0.542. The van der Waals surface area contributed by atoms with Crippen molar-refractivity contribution in [2.75, 3.05) is 13.2 Å². The van der Waals surface area contributed by atoms with Crippen molar-refractivity contribution in [3.63, 3.8) is 0 Å². The molecular weight excluding hydrogens is 456 g/mol. The van der Waals surface area contributed by atoms with E-state index in [1.165, 1.54) is 0 Å². The summed E-state index contributed by atoms with van der Waals surface area (Å²) < 4.78 is 6.77. The van der Waals surface area contributed by atoms with Gasteiger partial charge in [-0.2, -0.15) is 0 Å². The highest BCUT2D eigenvalue weighted by Gasteiger charge is 2.29. The second-order valence-corrected chi connectivity index (χ2v) is 8.57. The van der Waals surface area contributed by atoms with Crippen molar-refractivity contribution in [3.05, 3.63) is 63.6 Å². The molecule has 1 atom stereocenters. The van der Waals surface area contributed by atoms with Gasteiger partial charge in [-0.1, -0.05) is 60.5 Å². The molecule has 6 heteroatoms. The van der Waals surface area contributed by atoms with Gasteiger partial charge in [0.1, 0.15) is 11.8 Å². The Kier molecular flexibility index (Phi) is 10.0. The molecule has 0 aliphatic carbocycles. The number of hydrogen-bond acceptors (Lipinski definition) is 3. The van der Waals surface area contributed by atoms with Crippen LogP contribution in [-0.4, -0.2) is 35.9 Å². The number of halogens is 1. The maximum Gasteiger partial charge on any atom is 0.261 e. The maximum atomic E-state index is 13.2. The summed E-state index contributed by atoms with van der Waals surface area (Å²) in [6.45, 7) is 8.87. The third-order valence-corrected chi connectivity index (χ3v) is 6.20. The number of rotatable bonds is 11. The standard InChI is InChI=1S/C25H33BrN2O3/c1-5-7-14-27-25(30)23(6-2)28(16-20-11-9-8-10-18(20)3)24(29)17-31-21-12-13-22(26)19(4)15-21/h8-13,15,23H,5-7,14,16-17H2,1-4H3,(H,27,30). The highest BCUT2D eigenvalue weighted by molar-refractivity contribution is 9.10. The number of carbonyl (C=O) groups excluding carboxylic acids is 2. The van der Waals surface area contributed by atoms with E-state index < -0.39 is 6.04 Å². The molecule has 1 unspecified atom stereocenters. The molecule has 2 rings (SSSR count). The lowest BCUT2D eigenvalue weighted by molar-refractivity contribution is -0.143. The smallest absolute Gasteiger partial charge is 0.261 e. The molecule has 0 radical (unpaired) electrons. The van der Waals surface area contributed by atoms with Crippen LogP contribution in [0.15, 0.2) is 46.9 Å². The van der Waals surface area contributed by atoms with E-state index in [-0.39, 0.29) is 18.4 Å². The molecular formula is C25H33BrN2O3. The Labute approximate surface area is 194 Å². The van der Waals surface area contributed by atoms with Gasteiger partial charge in [0.25, 0.3) is 5.91 Å². The number of unbranched alkanes of at least 4 members (excludes halogenated alkanes) is 1. The monoisotopic (exact) mass is 488 g/mol. The Morgan fingerprint density at radius 1 is 1.10 bits per heavy atom. The molecule has 0 saturated heterocycles. The Morgan fingerprint density at radius 2 is 1.84 bits per heavy atom. The van der Waals surface area contributed by atoms with E-state index in [2.05, 4.69) is 28.2 Å². The number of aryl methyl sites for hydroxylation is 2. The zero-order valence-corrected chi connectivity index (χ0v) is 20.5. The van der Waals surface area contributed by atoms with E-state index in [1.807, 2.05) is 63.2 Å². The molecule has 0 aliphatic heterocycles. The van der Waals surface area contributed by atoms with Gasteiger partial charge in [0, 0.05) is 17.6 Å². The molecule has 1 N–H and O–H groups in total. The van der Waals surface area contributed by atoms with Crippen molar-refractivity contribution in [3.8, 4) is 5.75 Å². The lowest BCUT2D eigenvalue weighted by Gasteiger charge is -2.31. The van der Waals surface area contributed by atoms with E-state index >= 15 is 0 Å². The Bertz CT molecular complexity index is 885. The van der Waals surface area contributed by atoms with Crippen molar-refractivity contribution in [2.24, 2.45) is 0 Å². The van der Waals surface area contributed by atoms with E-state index in [4.69, 9.17) is 4.74 Å². The summed E-state index contributed by atoms with van der Waals surface area (Å²) >= 11 is 3.47. The average molecular weight is 489 g/mol. The molecule has 168 valence electrons. The van der Waals surface area contributed by atoms with Crippen LogP contribution in [0.3, 0.4) is 0 Å². The van der Waals surface area contributed by atoms with E-state index in [0.717, 1.165) is 34.0 Å². The Hall–Kier alpha value is -2.34. The van der Waals surface area contributed by atoms with Gasteiger partial charge in [0.05, 0.1) is 0 Å². The largest absolute Gasteiger partial charge is 0.484 e. The summed E-state index contributed by atoms with van der Waals surface area (Å²) in [4.78, 5) is 27.8. The Morgan fingerprint density at radius 3 is 2.48 bits per heavy atom. The summed E-state index contributed by atoms with van der Waals surface area (Å²) in [5.41, 5.74) is 3.14. The second-order valence-electron chi connectivity index (χ2n) is 7.72. The third-order valence-electron chi connectivity index (χ3n) is 5.31. The number of hydrogen-bond donors (Lipinski definition) is 1. The first-order valence-electron chi connectivity index (χ1n) is 10.9. The second kappa shape index (κ2) is 12.5. The van der Waals surface area contributed by atoms with Gasteiger partial charge in [-0.3, -0.25) is 9.59 Å². The van der Waals surface area contributed by atoms with Crippen LogP contribution in [0.2, 0.25) is 0 Å². The van der Waals surface area contributed by atoms with Crippen LogP contribution in [0.25, 0.3) is 0 Å². The van der Waals surface area contributed by atoms with Gasteiger partial charge in [0.2, 0.25) is 5.91 Å². The van der Waals surface area contributed by atoms with Gasteiger partial charge < -0.3 is 15.0 Å². The zero-order chi connectivity index (χ0) is 22.8. The van der Waals surface area contributed by atoms with Gasteiger partial charge in [-0.25, -0.2) is 0 Å². The van der Waals surface area contributed by atoms with Crippen LogP contribution in [0.4, 0.5) is 0 Å². The minimum absolute atomic E-state index is 0.114. The lowest BCUT2D eigenvalue weighted by Crippen LogP contribution is -2.50. The molecule has 0 aromatic heterocycles. The van der Waals surface area contributed by atoms with E-state index in [0.29, 0.717) is 25.3 Å². The number of nitrogens with one attached hydrogen (secondary N) is 1. The molecule has 2 amide bonds. The summed E-state index contributed by atoms with van der Waals surface area (Å²) in [6, 6.07) is 13.0. The third kappa shape index (κ3) is 7.39. The van der Waals surface area contributed by atoms with Crippen LogP contribution < -0.4 is 10.1 Å². The van der Waals surface area contributed by atoms with E-state index in [1.54, 1.807) is 4.90 Å². The fourth-order valence-electron chi connectivity index (χ4n) is 3.33.